The molecular formula is C31H38BrF3N8O3. The van der Waals surface area contributed by atoms with E-state index in [1.807, 2.05) is 44.4 Å². The number of aromatic nitrogens is 3. The second-order valence-electron chi connectivity index (χ2n) is 12.1. The van der Waals surface area contributed by atoms with Gasteiger partial charge >= 0.3 is 17.9 Å². The number of carbonyl (C=O) groups is 2. The van der Waals surface area contributed by atoms with Crippen LogP contribution in [0.3, 0.4) is 0 Å². The zero-order valence-corrected chi connectivity index (χ0v) is 27.3. The Balaban J connectivity index is 1.30. The van der Waals surface area contributed by atoms with E-state index < -0.39 is 29.5 Å². The van der Waals surface area contributed by atoms with E-state index in [4.69, 9.17) is 5.73 Å². The van der Waals surface area contributed by atoms with Gasteiger partial charge in [0.1, 0.15) is 6.04 Å². The number of rotatable bonds is 7. The Labute approximate surface area is 273 Å². The number of nitrogen functional groups attached to an aromatic ring is 1. The topological polar surface area (TPSA) is 133 Å². The molecule has 0 aliphatic carbocycles. The standard InChI is InChI=1S/C31H38BrF3N8O3/c1-40(2)21-8-12-41(13-9-21)28(44)25(18-19-16-23(31(33,34)35)26(36)24(32)17-19)37-29(45)42-14-10-22(11-15-42)43-30(46)38-27(39-43)20-6-4-3-5-7-20/h3-7,16-17,21-22,25H,8-15,18,36H2,1-2H3,(H,37,45)(H,38,39,46)/t25-/m1/s1. The van der Waals surface area contributed by atoms with Crippen LogP contribution in [0.1, 0.15) is 42.9 Å². The summed E-state index contributed by atoms with van der Waals surface area (Å²) in [6.45, 7) is 1.55. The number of alkyl halides is 3. The maximum atomic E-state index is 13.8. The van der Waals surface area contributed by atoms with Crippen molar-refractivity contribution in [2.24, 2.45) is 0 Å². The molecule has 3 aromatic rings. The summed E-state index contributed by atoms with van der Waals surface area (Å²) in [5.41, 5.74) is 4.91. The number of halogens is 4. The fraction of sp³-hybridized carbons (Fsp3) is 0.484. The molecule has 248 valence electrons. The molecular weight excluding hydrogens is 669 g/mol. The van der Waals surface area contributed by atoms with Crippen molar-refractivity contribution in [3.8, 4) is 11.4 Å². The van der Waals surface area contributed by atoms with Gasteiger partial charge in [0.15, 0.2) is 5.82 Å². The highest BCUT2D eigenvalue weighted by molar-refractivity contribution is 9.10. The number of urea groups is 1. The number of H-pyrrole nitrogens is 1. The van der Waals surface area contributed by atoms with Crippen molar-refractivity contribution in [2.45, 2.75) is 56.4 Å². The minimum absolute atomic E-state index is 0.0627. The van der Waals surface area contributed by atoms with Gasteiger partial charge in [-0.1, -0.05) is 30.3 Å². The molecule has 2 aromatic carbocycles. The number of benzene rings is 2. The highest BCUT2D eigenvalue weighted by Gasteiger charge is 2.36. The Bertz CT molecular complexity index is 1590. The molecule has 3 heterocycles. The molecule has 2 fully saturated rings. The van der Waals surface area contributed by atoms with Crippen LogP contribution >= 0.6 is 15.9 Å². The number of aromatic amines is 1. The fourth-order valence-electron chi connectivity index (χ4n) is 6.15. The first-order valence-corrected chi connectivity index (χ1v) is 16.0. The van der Waals surface area contributed by atoms with E-state index in [0.717, 1.165) is 24.5 Å². The first-order chi connectivity index (χ1) is 21.8. The number of nitrogens with zero attached hydrogens (tertiary/aromatic N) is 5. The summed E-state index contributed by atoms with van der Waals surface area (Å²) in [7, 11) is 3.96. The number of likely N-dealkylation sites (tertiary alicyclic amines) is 2. The van der Waals surface area contributed by atoms with E-state index in [1.54, 1.807) is 9.80 Å². The highest BCUT2D eigenvalue weighted by atomic mass is 79.9. The van der Waals surface area contributed by atoms with Crippen molar-refractivity contribution in [1.82, 2.24) is 34.8 Å². The van der Waals surface area contributed by atoms with Crippen molar-refractivity contribution < 1.29 is 22.8 Å². The molecule has 11 nitrogen and oxygen atoms in total. The second-order valence-corrected chi connectivity index (χ2v) is 12.9. The maximum Gasteiger partial charge on any atom is 0.418 e. The Morgan fingerprint density at radius 3 is 2.30 bits per heavy atom. The molecule has 46 heavy (non-hydrogen) atoms. The number of nitrogens with one attached hydrogen (secondary N) is 2. The largest absolute Gasteiger partial charge is 0.418 e. The van der Waals surface area contributed by atoms with Gasteiger partial charge in [0.05, 0.1) is 17.3 Å². The lowest BCUT2D eigenvalue weighted by atomic mass is 9.99. The Morgan fingerprint density at radius 2 is 1.70 bits per heavy atom. The number of carbonyl (C=O) groups excluding carboxylic acids is 2. The van der Waals surface area contributed by atoms with Crippen LogP contribution < -0.4 is 16.7 Å². The summed E-state index contributed by atoms with van der Waals surface area (Å²) in [6.07, 6.45) is -2.43. The zero-order valence-electron chi connectivity index (χ0n) is 25.7. The van der Waals surface area contributed by atoms with Gasteiger partial charge in [-0.05, 0) is 73.4 Å². The monoisotopic (exact) mass is 706 g/mol. The van der Waals surface area contributed by atoms with Crippen LogP contribution in [-0.2, 0) is 17.4 Å². The highest BCUT2D eigenvalue weighted by Crippen LogP contribution is 2.38. The molecule has 2 aliphatic heterocycles. The molecule has 3 amide bonds. The van der Waals surface area contributed by atoms with E-state index in [-0.39, 0.29) is 34.1 Å². The molecule has 1 aromatic heterocycles. The minimum Gasteiger partial charge on any atom is -0.397 e. The third kappa shape index (κ3) is 7.57. The molecule has 0 saturated carbocycles. The summed E-state index contributed by atoms with van der Waals surface area (Å²) < 4.78 is 42.7. The Morgan fingerprint density at radius 1 is 1.07 bits per heavy atom. The molecule has 0 unspecified atom stereocenters. The van der Waals surface area contributed by atoms with Crippen LogP contribution in [0.5, 0.6) is 0 Å². The second kappa shape index (κ2) is 13.9. The molecule has 0 spiro atoms. The van der Waals surface area contributed by atoms with E-state index in [1.165, 1.54) is 10.7 Å². The average molecular weight is 708 g/mol. The smallest absolute Gasteiger partial charge is 0.397 e. The van der Waals surface area contributed by atoms with Crippen molar-refractivity contribution in [3.63, 3.8) is 0 Å². The molecule has 2 aliphatic rings. The van der Waals surface area contributed by atoms with Crippen LogP contribution in [0.25, 0.3) is 11.4 Å². The van der Waals surface area contributed by atoms with Crippen LogP contribution in [0.15, 0.2) is 51.7 Å². The van der Waals surface area contributed by atoms with Crippen LogP contribution in [0.2, 0.25) is 0 Å². The number of hydrogen-bond donors (Lipinski definition) is 3. The van der Waals surface area contributed by atoms with Gasteiger partial charge in [0.2, 0.25) is 5.91 Å². The van der Waals surface area contributed by atoms with Crippen molar-refractivity contribution >= 4 is 33.6 Å². The minimum atomic E-state index is -4.69. The Kier molecular flexibility index (Phi) is 10.1. The lowest BCUT2D eigenvalue weighted by molar-refractivity contribution is -0.137. The van der Waals surface area contributed by atoms with Crippen LogP contribution in [-0.4, -0.2) is 93.8 Å². The van der Waals surface area contributed by atoms with Gasteiger partial charge in [-0.3, -0.25) is 9.78 Å². The summed E-state index contributed by atoms with van der Waals surface area (Å²) in [6, 6.07) is 10.2. The molecule has 4 N–H and O–H groups in total. The maximum absolute atomic E-state index is 13.8. The predicted molar refractivity (Wildman–Crippen MR) is 171 cm³/mol. The van der Waals surface area contributed by atoms with E-state index in [0.29, 0.717) is 50.9 Å². The van der Waals surface area contributed by atoms with Crippen LogP contribution in [0, 0.1) is 0 Å². The van der Waals surface area contributed by atoms with E-state index >= 15 is 0 Å². The first-order valence-electron chi connectivity index (χ1n) is 15.2. The third-order valence-corrected chi connectivity index (χ3v) is 9.48. The third-order valence-electron chi connectivity index (χ3n) is 8.82. The van der Waals surface area contributed by atoms with Crippen molar-refractivity contribution in [3.05, 3.63) is 68.5 Å². The van der Waals surface area contributed by atoms with Gasteiger partial charge in [-0.25, -0.2) is 14.3 Å². The lowest BCUT2D eigenvalue weighted by Gasteiger charge is -2.37. The van der Waals surface area contributed by atoms with E-state index in [2.05, 4.69) is 36.2 Å². The number of hydrogen-bond acceptors (Lipinski definition) is 6. The zero-order chi connectivity index (χ0) is 33.2. The van der Waals surface area contributed by atoms with E-state index in [9.17, 15) is 27.6 Å². The Hall–Kier alpha value is -3.85. The van der Waals surface area contributed by atoms with Gasteiger partial charge in [-0.2, -0.15) is 13.2 Å². The van der Waals surface area contributed by atoms with Crippen molar-refractivity contribution in [2.75, 3.05) is 46.0 Å². The molecule has 1 atom stereocenters. The van der Waals surface area contributed by atoms with Crippen LogP contribution in [0.4, 0.5) is 23.7 Å². The molecule has 2 saturated heterocycles. The van der Waals surface area contributed by atoms with Gasteiger partial charge in [0, 0.05) is 48.7 Å². The summed E-state index contributed by atoms with van der Waals surface area (Å²) in [5, 5.41) is 7.30. The number of piperidine rings is 2. The summed E-state index contributed by atoms with van der Waals surface area (Å²) in [5.74, 6) is 0.114. The first kappa shape index (κ1) is 33.5. The fourth-order valence-corrected chi connectivity index (χ4v) is 6.66. The van der Waals surface area contributed by atoms with Gasteiger partial charge < -0.3 is 25.8 Å². The van der Waals surface area contributed by atoms with Gasteiger partial charge in [0.25, 0.3) is 0 Å². The summed E-state index contributed by atoms with van der Waals surface area (Å²) >= 11 is 3.12. The predicted octanol–water partition coefficient (Wildman–Crippen LogP) is 4.11. The van der Waals surface area contributed by atoms with Crippen molar-refractivity contribution in [1.29, 1.82) is 0 Å². The quantitative estimate of drug-likeness (QED) is 0.317. The SMILES string of the molecule is CN(C)C1CCN(C(=O)[C@@H](Cc2cc(Br)c(N)c(C(F)(F)F)c2)NC(=O)N2CCC(n3nc(-c4ccccc4)[nH]c3=O)CC2)CC1. The molecule has 0 radical (unpaired) electrons. The number of anilines is 1. The lowest BCUT2D eigenvalue weighted by Crippen LogP contribution is -2.56. The molecule has 0 bridgehead atoms. The summed E-state index contributed by atoms with van der Waals surface area (Å²) in [4.78, 5) is 48.1. The number of nitrogens with two attached hydrogens (primary N) is 1. The van der Waals surface area contributed by atoms with Gasteiger partial charge in [-0.15, -0.1) is 5.10 Å². The molecule has 15 heteroatoms. The number of amides is 3. The molecule has 5 rings (SSSR count). The normalized spacial score (nSPS) is 17.4. The average Bonchev–Trinajstić information content (AvgIpc) is 3.43.